The molecule has 2 aromatic rings. The van der Waals surface area contributed by atoms with E-state index in [0.717, 1.165) is 12.1 Å². The molecule has 1 heterocycles. The Labute approximate surface area is 96.9 Å². The smallest absolute Gasteiger partial charge is 0.180 e. The summed E-state index contributed by atoms with van der Waals surface area (Å²) in [6.45, 7) is 0. The molecule has 0 atom stereocenters. The number of nitrogens with two attached hydrogens (primary N) is 1. The molecule has 0 saturated heterocycles. The van der Waals surface area contributed by atoms with Crippen molar-refractivity contribution in [3.05, 3.63) is 34.4 Å². The molecule has 0 aliphatic heterocycles. The second-order valence-corrected chi connectivity index (χ2v) is 4.73. The van der Waals surface area contributed by atoms with Crippen LogP contribution in [-0.4, -0.2) is 4.98 Å². The fraction of sp³-hybridized carbons (Fsp3) is 0. The van der Waals surface area contributed by atoms with Crippen LogP contribution in [0.2, 0.25) is 0 Å². The Morgan fingerprint density at radius 3 is 2.53 bits per heavy atom. The van der Waals surface area contributed by atoms with Crippen LogP contribution in [0, 0.1) is 11.6 Å². The highest BCUT2D eigenvalue weighted by molar-refractivity contribution is 9.10. The minimum absolute atomic E-state index is 0.390. The number of halogens is 3. The Balaban J connectivity index is 2.58. The number of thiazole rings is 1. The Morgan fingerprint density at radius 1 is 1.27 bits per heavy atom. The number of aromatic nitrogens is 1. The summed E-state index contributed by atoms with van der Waals surface area (Å²) in [5.74, 6) is -1.77. The van der Waals surface area contributed by atoms with Gasteiger partial charge in [0.15, 0.2) is 16.8 Å². The van der Waals surface area contributed by atoms with Crippen molar-refractivity contribution in [3.63, 3.8) is 0 Å². The molecule has 0 aliphatic rings. The molecule has 0 saturated carbocycles. The highest BCUT2D eigenvalue weighted by Gasteiger charge is 2.11. The van der Waals surface area contributed by atoms with Crippen LogP contribution in [0.25, 0.3) is 10.4 Å². The molecule has 0 aliphatic carbocycles. The maximum absolute atomic E-state index is 13.0. The topological polar surface area (TPSA) is 38.9 Å². The molecule has 0 unspecified atom stereocenters. The number of nitrogen functional groups attached to an aromatic ring is 1. The summed E-state index contributed by atoms with van der Waals surface area (Å²) in [6, 6.07) is 2.20. The maximum atomic E-state index is 13.0. The second kappa shape index (κ2) is 3.86. The summed E-state index contributed by atoms with van der Waals surface area (Å²) in [5.41, 5.74) is 6.00. The molecule has 1 aromatic carbocycles. The van der Waals surface area contributed by atoms with Crippen LogP contribution in [0.1, 0.15) is 0 Å². The molecule has 1 aromatic heterocycles. The molecule has 0 radical (unpaired) electrons. The van der Waals surface area contributed by atoms with Crippen LogP contribution < -0.4 is 5.73 Å². The van der Waals surface area contributed by atoms with E-state index >= 15 is 0 Å². The third kappa shape index (κ3) is 2.00. The number of nitrogens with zero attached hydrogens (tertiary/aromatic N) is 1. The molecular formula is C9H5BrF2N2S. The van der Waals surface area contributed by atoms with Gasteiger partial charge in [0.1, 0.15) is 0 Å². The van der Waals surface area contributed by atoms with Crippen LogP contribution in [0.5, 0.6) is 0 Å². The van der Waals surface area contributed by atoms with Crippen molar-refractivity contribution in [3.8, 4) is 10.4 Å². The number of hydrogen-bond acceptors (Lipinski definition) is 3. The summed E-state index contributed by atoms with van der Waals surface area (Å²) in [5, 5.41) is 0.390. The zero-order chi connectivity index (χ0) is 11.0. The minimum Gasteiger partial charge on any atom is -0.375 e. The lowest BCUT2D eigenvalue weighted by Gasteiger charge is -2.01. The van der Waals surface area contributed by atoms with E-state index in [0.29, 0.717) is 20.0 Å². The zero-order valence-corrected chi connectivity index (χ0v) is 9.70. The first kappa shape index (κ1) is 10.5. The van der Waals surface area contributed by atoms with Crippen molar-refractivity contribution in [2.45, 2.75) is 0 Å². The van der Waals surface area contributed by atoms with E-state index in [-0.39, 0.29) is 0 Å². The van der Waals surface area contributed by atoms with Crippen LogP contribution >= 0.6 is 27.3 Å². The van der Waals surface area contributed by atoms with Crippen molar-refractivity contribution in [2.24, 2.45) is 0 Å². The Morgan fingerprint density at radius 2 is 1.93 bits per heavy atom. The number of rotatable bonds is 1. The Kier molecular flexibility index (Phi) is 2.70. The molecule has 15 heavy (non-hydrogen) atoms. The van der Waals surface area contributed by atoms with Gasteiger partial charge in [0.2, 0.25) is 0 Å². The number of hydrogen-bond donors (Lipinski definition) is 1. The maximum Gasteiger partial charge on any atom is 0.180 e. The van der Waals surface area contributed by atoms with Gasteiger partial charge in [-0.3, -0.25) is 0 Å². The fourth-order valence-corrected chi connectivity index (χ4v) is 2.50. The lowest BCUT2D eigenvalue weighted by atomic mass is 10.2. The molecule has 6 heteroatoms. The van der Waals surface area contributed by atoms with Gasteiger partial charge < -0.3 is 5.73 Å². The van der Waals surface area contributed by atoms with Crippen LogP contribution in [0.4, 0.5) is 13.9 Å². The van der Waals surface area contributed by atoms with E-state index in [2.05, 4.69) is 20.9 Å². The lowest BCUT2D eigenvalue weighted by Crippen LogP contribution is -1.86. The molecule has 2 nitrogen and oxygen atoms in total. The predicted octanol–water partition coefficient (Wildman–Crippen LogP) is 3.43. The number of benzene rings is 1. The molecule has 0 amide bonds. The zero-order valence-electron chi connectivity index (χ0n) is 7.30. The normalized spacial score (nSPS) is 10.6. The predicted molar refractivity (Wildman–Crippen MR) is 59.6 cm³/mol. The molecule has 0 bridgehead atoms. The molecule has 2 rings (SSSR count). The summed E-state index contributed by atoms with van der Waals surface area (Å²) in [7, 11) is 0. The van der Waals surface area contributed by atoms with Gasteiger partial charge in [-0.05, 0) is 12.1 Å². The minimum atomic E-state index is -0.889. The van der Waals surface area contributed by atoms with Gasteiger partial charge >= 0.3 is 0 Å². The van der Waals surface area contributed by atoms with E-state index in [4.69, 9.17) is 5.73 Å². The van der Waals surface area contributed by atoms with Gasteiger partial charge in [0.25, 0.3) is 0 Å². The monoisotopic (exact) mass is 290 g/mol. The number of anilines is 1. The van der Waals surface area contributed by atoms with Crippen molar-refractivity contribution >= 4 is 32.4 Å². The highest BCUT2D eigenvalue weighted by Crippen LogP contribution is 2.34. The standard InChI is InChI=1S/C9H5BrF2N2S/c10-5-2-7(12)6(11)1-4(5)8-3-14-9(13)15-8/h1-3H,(H2,13,14). The average molecular weight is 291 g/mol. The molecule has 0 fully saturated rings. The van der Waals surface area contributed by atoms with Gasteiger partial charge in [0.05, 0.1) is 4.88 Å². The van der Waals surface area contributed by atoms with E-state index in [1.165, 1.54) is 17.5 Å². The van der Waals surface area contributed by atoms with Crippen molar-refractivity contribution in [2.75, 3.05) is 5.73 Å². The fourth-order valence-electron chi connectivity index (χ4n) is 1.12. The van der Waals surface area contributed by atoms with Crippen LogP contribution in [0.15, 0.2) is 22.8 Å². The van der Waals surface area contributed by atoms with Crippen molar-refractivity contribution in [1.82, 2.24) is 4.98 Å². The van der Waals surface area contributed by atoms with E-state index in [9.17, 15) is 8.78 Å². The molecular weight excluding hydrogens is 286 g/mol. The van der Waals surface area contributed by atoms with E-state index in [1.807, 2.05) is 0 Å². The van der Waals surface area contributed by atoms with Crippen LogP contribution in [0.3, 0.4) is 0 Å². The SMILES string of the molecule is Nc1ncc(-c2cc(F)c(F)cc2Br)s1. The van der Waals surface area contributed by atoms with E-state index in [1.54, 1.807) is 0 Å². The largest absolute Gasteiger partial charge is 0.375 e. The lowest BCUT2D eigenvalue weighted by molar-refractivity contribution is 0.508. The molecule has 2 N–H and O–H groups in total. The van der Waals surface area contributed by atoms with Crippen molar-refractivity contribution < 1.29 is 8.78 Å². The first-order chi connectivity index (χ1) is 7.08. The first-order valence-corrected chi connectivity index (χ1v) is 5.55. The summed E-state index contributed by atoms with van der Waals surface area (Å²) < 4.78 is 26.3. The van der Waals surface area contributed by atoms with Gasteiger partial charge in [-0.15, -0.1) is 0 Å². The summed E-state index contributed by atoms with van der Waals surface area (Å²) in [4.78, 5) is 4.54. The highest BCUT2D eigenvalue weighted by atomic mass is 79.9. The van der Waals surface area contributed by atoms with Gasteiger partial charge in [0, 0.05) is 16.2 Å². The van der Waals surface area contributed by atoms with Gasteiger partial charge in [-0.1, -0.05) is 27.3 Å². The van der Waals surface area contributed by atoms with Gasteiger partial charge in [-0.25, -0.2) is 13.8 Å². The molecule has 78 valence electrons. The average Bonchev–Trinajstić information content (AvgIpc) is 2.58. The second-order valence-electron chi connectivity index (χ2n) is 2.81. The van der Waals surface area contributed by atoms with Crippen molar-refractivity contribution in [1.29, 1.82) is 0 Å². The Hall–Kier alpha value is -1.01. The Bertz CT molecular complexity index is 513. The summed E-state index contributed by atoms with van der Waals surface area (Å²) >= 11 is 4.38. The molecule has 0 spiro atoms. The third-order valence-electron chi connectivity index (χ3n) is 1.80. The quantitative estimate of drug-likeness (QED) is 0.817. The first-order valence-electron chi connectivity index (χ1n) is 3.94. The third-order valence-corrected chi connectivity index (χ3v) is 3.31. The summed E-state index contributed by atoms with van der Waals surface area (Å²) in [6.07, 6.45) is 1.53. The van der Waals surface area contributed by atoms with E-state index < -0.39 is 11.6 Å². The van der Waals surface area contributed by atoms with Gasteiger partial charge in [-0.2, -0.15) is 0 Å². The van der Waals surface area contributed by atoms with Crippen LogP contribution in [-0.2, 0) is 0 Å².